The summed E-state index contributed by atoms with van der Waals surface area (Å²) in [6.45, 7) is 3.83. The number of nitrogens with zero attached hydrogens (tertiary/aromatic N) is 2. The zero-order chi connectivity index (χ0) is 20.0. The highest BCUT2D eigenvalue weighted by molar-refractivity contribution is 7.19. The monoisotopic (exact) mass is 451 g/mol. The highest BCUT2D eigenvalue weighted by Gasteiger charge is 2.19. The van der Waals surface area contributed by atoms with Crippen LogP contribution in [0.5, 0.6) is 0 Å². The second-order valence-electron chi connectivity index (χ2n) is 6.21. The van der Waals surface area contributed by atoms with Crippen LogP contribution in [0.3, 0.4) is 0 Å². The summed E-state index contributed by atoms with van der Waals surface area (Å²) in [7, 11) is 0. The lowest BCUT2D eigenvalue weighted by atomic mass is 10.0. The summed E-state index contributed by atoms with van der Waals surface area (Å²) in [5.41, 5.74) is 2.35. The van der Waals surface area contributed by atoms with E-state index in [4.69, 9.17) is 34.8 Å². The minimum atomic E-state index is -0.286. The van der Waals surface area contributed by atoms with E-state index in [-0.39, 0.29) is 5.82 Å². The first-order valence-corrected chi connectivity index (χ1v) is 10.2. The molecule has 3 nitrogen and oxygen atoms in total. The second-order valence-corrected chi connectivity index (χ2v) is 8.66. The molecule has 2 aromatic heterocycles. The molecule has 0 atom stereocenters. The van der Waals surface area contributed by atoms with Crippen molar-refractivity contribution in [1.82, 2.24) is 9.97 Å². The van der Waals surface area contributed by atoms with E-state index in [1.165, 1.54) is 12.1 Å². The van der Waals surface area contributed by atoms with Gasteiger partial charge >= 0.3 is 0 Å². The molecular weight excluding hydrogens is 440 g/mol. The lowest BCUT2D eigenvalue weighted by Crippen LogP contribution is -2.00. The lowest BCUT2D eigenvalue weighted by Gasteiger charge is -2.13. The van der Waals surface area contributed by atoms with Crippen molar-refractivity contribution in [1.29, 1.82) is 0 Å². The van der Waals surface area contributed by atoms with Gasteiger partial charge < -0.3 is 5.32 Å². The maximum atomic E-state index is 13.4. The number of rotatable bonds is 3. The number of halogens is 4. The number of aromatic nitrogens is 2. The van der Waals surface area contributed by atoms with Crippen molar-refractivity contribution in [2.45, 2.75) is 13.8 Å². The highest BCUT2D eigenvalue weighted by atomic mass is 35.5. The maximum Gasteiger partial charge on any atom is 0.143 e. The van der Waals surface area contributed by atoms with Gasteiger partial charge in [0, 0.05) is 15.5 Å². The Kier molecular flexibility index (Phi) is 5.19. The fourth-order valence-corrected chi connectivity index (χ4v) is 5.05. The van der Waals surface area contributed by atoms with Crippen LogP contribution in [-0.4, -0.2) is 9.97 Å². The van der Waals surface area contributed by atoms with E-state index in [0.29, 0.717) is 32.4 Å². The fraction of sp³-hybridized carbons (Fsp3) is 0.100. The van der Waals surface area contributed by atoms with E-state index in [2.05, 4.69) is 15.3 Å². The van der Waals surface area contributed by atoms with Gasteiger partial charge in [-0.15, -0.1) is 11.3 Å². The maximum absolute atomic E-state index is 13.4. The number of hydrogen-bond donors (Lipinski definition) is 1. The third-order valence-electron chi connectivity index (χ3n) is 4.22. The Morgan fingerprint density at radius 2 is 1.61 bits per heavy atom. The van der Waals surface area contributed by atoms with E-state index in [0.717, 1.165) is 26.2 Å². The number of aryl methyl sites for hydroxylation is 2. The van der Waals surface area contributed by atoms with Crippen LogP contribution in [0, 0.1) is 19.7 Å². The third-order valence-corrected chi connectivity index (χ3v) is 6.04. The molecule has 0 spiro atoms. The molecule has 0 unspecified atom stereocenters. The van der Waals surface area contributed by atoms with Crippen molar-refractivity contribution in [3.05, 3.63) is 68.0 Å². The summed E-state index contributed by atoms with van der Waals surface area (Å²) in [6.07, 6.45) is 0. The predicted molar refractivity (Wildman–Crippen MR) is 117 cm³/mol. The molecule has 2 heterocycles. The molecule has 4 aromatic rings. The van der Waals surface area contributed by atoms with Crippen molar-refractivity contribution < 1.29 is 4.39 Å². The Balaban J connectivity index is 1.95. The van der Waals surface area contributed by atoms with Gasteiger partial charge in [0.25, 0.3) is 0 Å². The molecule has 0 radical (unpaired) electrons. The standard InChI is InChI=1S/C20H13Cl3FN3S/c1-9-16(11-3-5-13(24)6-4-11)17-19(25-10(2)26-20(17)28-9)27-18-14(22)7-12(21)8-15(18)23/h3-8H,1-2H3,(H,25,26,27). The second kappa shape index (κ2) is 7.48. The summed E-state index contributed by atoms with van der Waals surface area (Å²) in [5.74, 6) is 0.909. The van der Waals surface area contributed by atoms with E-state index < -0.39 is 0 Å². The van der Waals surface area contributed by atoms with E-state index in [9.17, 15) is 4.39 Å². The fourth-order valence-electron chi connectivity index (χ4n) is 3.05. The normalized spacial score (nSPS) is 11.2. The van der Waals surface area contributed by atoms with E-state index in [1.807, 2.05) is 13.8 Å². The molecule has 2 aromatic carbocycles. The minimum absolute atomic E-state index is 0.286. The number of benzene rings is 2. The zero-order valence-corrected chi connectivity index (χ0v) is 17.9. The Labute approximate surface area is 180 Å². The average Bonchev–Trinajstić information content (AvgIpc) is 2.94. The van der Waals surface area contributed by atoms with Gasteiger partial charge in [0.2, 0.25) is 0 Å². The number of nitrogens with one attached hydrogen (secondary N) is 1. The number of anilines is 2. The van der Waals surface area contributed by atoms with E-state index in [1.54, 1.807) is 35.6 Å². The summed E-state index contributed by atoms with van der Waals surface area (Å²) < 4.78 is 13.4. The zero-order valence-electron chi connectivity index (χ0n) is 14.8. The molecule has 0 aliphatic rings. The van der Waals surface area contributed by atoms with Crippen LogP contribution in [0.1, 0.15) is 10.7 Å². The largest absolute Gasteiger partial charge is 0.337 e. The molecule has 0 amide bonds. The van der Waals surface area contributed by atoms with Gasteiger partial charge in [-0.05, 0) is 43.7 Å². The van der Waals surface area contributed by atoms with Gasteiger partial charge in [0.05, 0.1) is 21.1 Å². The Morgan fingerprint density at radius 3 is 2.25 bits per heavy atom. The highest BCUT2D eigenvalue weighted by Crippen LogP contribution is 2.43. The first kappa shape index (κ1) is 19.4. The molecule has 1 N–H and O–H groups in total. The molecule has 4 rings (SSSR count). The quantitative estimate of drug-likeness (QED) is 0.344. The first-order chi connectivity index (χ1) is 13.3. The van der Waals surface area contributed by atoms with Crippen LogP contribution < -0.4 is 5.32 Å². The van der Waals surface area contributed by atoms with Gasteiger partial charge in [-0.25, -0.2) is 14.4 Å². The summed E-state index contributed by atoms with van der Waals surface area (Å²) in [6, 6.07) is 9.59. The number of fused-ring (bicyclic) bond motifs is 1. The third kappa shape index (κ3) is 3.55. The van der Waals surface area contributed by atoms with Crippen LogP contribution in [0.2, 0.25) is 15.1 Å². The van der Waals surface area contributed by atoms with Crippen molar-refractivity contribution in [3.8, 4) is 11.1 Å². The molecule has 0 bridgehead atoms. The van der Waals surface area contributed by atoms with Gasteiger partial charge in [0.1, 0.15) is 22.3 Å². The Morgan fingerprint density at radius 1 is 0.964 bits per heavy atom. The van der Waals surface area contributed by atoms with Gasteiger partial charge in [-0.2, -0.15) is 0 Å². The minimum Gasteiger partial charge on any atom is -0.337 e. The first-order valence-electron chi connectivity index (χ1n) is 8.28. The molecule has 0 saturated heterocycles. The van der Waals surface area contributed by atoms with Gasteiger partial charge in [0.15, 0.2) is 0 Å². The van der Waals surface area contributed by atoms with Crippen LogP contribution in [0.4, 0.5) is 15.9 Å². The lowest BCUT2D eigenvalue weighted by molar-refractivity contribution is 0.628. The molecular formula is C20H13Cl3FN3S. The van der Waals surface area contributed by atoms with E-state index >= 15 is 0 Å². The average molecular weight is 453 g/mol. The predicted octanol–water partition coefficient (Wildman–Crippen LogP) is 7.82. The van der Waals surface area contributed by atoms with Crippen molar-refractivity contribution >= 4 is 67.9 Å². The molecule has 0 aliphatic carbocycles. The van der Waals surface area contributed by atoms with Crippen molar-refractivity contribution in [2.75, 3.05) is 5.32 Å². The number of hydrogen-bond acceptors (Lipinski definition) is 4. The SMILES string of the molecule is Cc1nc(Nc2c(Cl)cc(Cl)cc2Cl)c2c(-c3ccc(F)cc3)c(C)sc2n1. The molecule has 0 aliphatic heterocycles. The van der Waals surface area contributed by atoms with Crippen molar-refractivity contribution in [2.24, 2.45) is 0 Å². The molecule has 142 valence electrons. The van der Waals surface area contributed by atoms with Gasteiger partial charge in [-0.1, -0.05) is 46.9 Å². The Hall–Kier alpha value is -1.92. The van der Waals surface area contributed by atoms with Crippen LogP contribution in [0.25, 0.3) is 21.3 Å². The number of thiophene rings is 1. The summed E-state index contributed by atoms with van der Waals surface area (Å²) >= 11 is 20.3. The Bertz CT molecular complexity index is 1180. The summed E-state index contributed by atoms with van der Waals surface area (Å²) in [4.78, 5) is 11.0. The van der Waals surface area contributed by atoms with Crippen LogP contribution in [0.15, 0.2) is 36.4 Å². The van der Waals surface area contributed by atoms with Crippen LogP contribution >= 0.6 is 46.1 Å². The summed E-state index contributed by atoms with van der Waals surface area (Å²) in [5, 5.41) is 5.30. The van der Waals surface area contributed by atoms with Crippen molar-refractivity contribution in [3.63, 3.8) is 0 Å². The smallest absolute Gasteiger partial charge is 0.143 e. The topological polar surface area (TPSA) is 37.8 Å². The molecule has 28 heavy (non-hydrogen) atoms. The molecule has 0 fully saturated rings. The van der Waals surface area contributed by atoms with Gasteiger partial charge in [-0.3, -0.25) is 0 Å². The molecule has 8 heteroatoms. The molecule has 0 saturated carbocycles. The van der Waals surface area contributed by atoms with Crippen LogP contribution in [-0.2, 0) is 0 Å².